The van der Waals surface area contributed by atoms with Crippen molar-refractivity contribution < 1.29 is 4.74 Å². The minimum Gasteiger partial charge on any atom is -0.486 e. The topological polar surface area (TPSA) is 81.9 Å². The molecule has 156 valence electrons. The number of hydrogen-bond acceptors (Lipinski definition) is 7. The van der Waals surface area contributed by atoms with Gasteiger partial charge in [-0.15, -0.1) is 5.10 Å². The molecule has 0 amide bonds. The van der Waals surface area contributed by atoms with Gasteiger partial charge < -0.3 is 9.64 Å². The average molecular weight is 413 g/mol. The van der Waals surface area contributed by atoms with E-state index in [4.69, 9.17) is 9.72 Å². The lowest BCUT2D eigenvalue weighted by Crippen LogP contribution is -2.33. The Labute approximate surface area is 180 Å². The van der Waals surface area contributed by atoms with Gasteiger partial charge in [-0.3, -0.25) is 4.98 Å². The summed E-state index contributed by atoms with van der Waals surface area (Å²) in [7, 11) is 0. The lowest BCUT2D eigenvalue weighted by atomic mass is 10.0. The van der Waals surface area contributed by atoms with Gasteiger partial charge in [0.05, 0.1) is 36.5 Å². The summed E-state index contributed by atoms with van der Waals surface area (Å²) in [6.45, 7) is 6.36. The molecule has 1 aromatic carbocycles. The van der Waals surface area contributed by atoms with Crippen LogP contribution in [-0.2, 0) is 6.54 Å². The summed E-state index contributed by atoms with van der Waals surface area (Å²) >= 11 is 0. The van der Waals surface area contributed by atoms with Crippen molar-refractivity contribution in [1.82, 2.24) is 29.9 Å². The molecule has 0 saturated heterocycles. The Hall–Kier alpha value is -3.81. The first-order valence-corrected chi connectivity index (χ1v) is 10.3. The molecule has 0 atom stereocenters. The van der Waals surface area contributed by atoms with Gasteiger partial charge in [0.25, 0.3) is 0 Å². The number of fused-ring (bicyclic) bond motifs is 1. The van der Waals surface area contributed by atoms with Crippen molar-refractivity contribution in [2.45, 2.75) is 26.3 Å². The third-order valence-corrected chi connectivity index (χ3v) is 5.28. The fourth-order valence-electron chi connectivity index (χ4n) is 3.73. The van der Waals surface area contributed by atoms with Gasteiger partial charge in [0.15, 0.2) is 17.4 Å². The quantitative estimate of drug-likeness (QED) is 0.494. The first kappa shape index (κ1) is 19.2. The van der Waals surface area contributed by atoms with Gasteiger partial charge in [-0.2, -0.15) is 0 Å². The molecule has 0 bridgehead atoms. The van der Waals surface area contributed by atoms with Crippen LogP contribution >= 0.6 is 0 Å². The molecule has 5 rings (SSSR count). The molecule has 0 unspecified atom stereocenters. The molecule has 0 fully saturated rings. The second-order valence-corrected chi connectivity index (χ2v) is 7.76. The van der Waals surface area contributed by atoms with Gasteiger partial charge in [-0.25, -0.2) is 14.6 Å². The van der Waals surface area contributed by atoms with Gasteiger partial charge in [-0.1, -0.05) is 31.2 Å². The standard InChI is InChI=1S/C23H23N7O/c1-16(2)21-19(4-3-9-24-21)22-25-14-20-23(27-22)29(12-13-31-20)15-17-5-7-18(8-6-17)30-11-10-26-28-30/h3-11,14,16H,12-13,15H2,1-2H3. The Morgan fingerprint density at radius 2 is 1.94 bits per heavy atom. The zero-order valence-electron chi connectivity index (χ0n) is 17.5. The normalized spacial score (nSPS) is 13.2. The van der Waals surface area contributed by atoms with Crippen molar-refractivity contribution in [2.24, 2.45) is 0 Å². The van der Waals surface area contributed by atoms with E-state index < -0.39 is 0 Å². The number of anilines is 1. The van der Waals surface area contributed by atoms with Crippen LogP contribution in [-0.4, -0.2) is 43.1 Å². The number of ether oxygens (including phenoxy) is 1. The van der Waals surface area contributed by atoms with Crippen LogP contribution in [0.5, 0.6) is 5.75 Å². The molecule has 31 heavy (non-hydrogen) atoms. The maximum atomic E-state index is 5.83. The van der Waals surface area contributed by atoms with Gasteiger partial charge in [-0.05, 0) is 35.7 Å². The van der Waals surface area contributed by atoms with Crippen LogP contribution in [0.4, 0.5) is 5.82 Å². The lowest BCUT2D eigenvalue weighted by Gasteiger charge is -2.30. The van der Waals surface area contributed by atoms with E-state index in [9.17, 15) is 0 Å². The maximum Gasteiger partial charge on any atom is 0.180 e. The molecule has 8 nitrogen and oxygen atoms in total. The SMILES string of the molecule is CC(C)c1ncccc1-c1ncc2c(n1)N(Cc1ccc(-n3ccnn3)cc1)CCO2. The Kier molecular flexibility index (Phi) is 5.03. The molecule has 0 radical (unpaired) electrons. The summed E-state index contributed by atoms with van der Waals surface area (Å²) in [6.07, 6.45) is 7.09. The first-order chi connectivity index (χ1) is 15.2. The predicted molar refractivity (Wildman–Crippen MR) is 117 cm³/mol. The van der Waals surface area contributed by atoms with Gasteiger partial charge in [0.2, 0.25) is 0 Å². The predicted octanol–water partition coefficient (Wildman–Crippen LogP) is 3.64. The van der Waals surface area contributed by atoms with Crippen LogP contribution in [0.1, 0.15) is 31.0 Å². The van der Waals surface area contributed by atoms with Crippen molar-refractivity contribution in [3.8, 4) is 22.8 Å². The number of aromatic nitrogens is 6. The molecule has 4 aromatic rings. The Balaban J connectivity index is 1.44. The van der Waals surface area contributed by atoms with Gasteiger partial charge >= 0.3 is 0 Å². The number of rotatable bonds is 5. The molecule has 1 aliphatic heterocycles. The van der Waals surface area contributed by atoms with Crippen LogP contribution in [0.2, 0.25) is 0 Å². The van der Waals surface area contributed by atoms with Crippen molar-refractivity contribution >= 4 is 5.82 Å². The van der Waals surface area contributed by atoms with Crippen molar-refractivity contribution in [3.63, 3.8) is 0 Å². The Morgan fingerprint density at radius 3 is 2.71 bits per heavy atom. The van der Waals surface area contributed by atoms with Crippen LogP contribution in [0.3, 0.4) is 0 Å². The van der Waals surface area contributed by atoms with E-state index in [2.05, 4.69) is 51.2 Å². The van der Waals surface area contributed by atoms with E-state index in [1.807, 2.05) is 36.7 Å². The minimum atomic E-state index is 0.284. The molecule has 3 aromatic heterocycles. The highest BCUT2D eigenvalue weighted by Crippen LogP contribution is 2.33. The molecule has 1 aliphatic rings. The van der Waals surface area contributed by atoms with E-state index in [0.717, 1.165) is 35.9 Å². The van der Waals surface area contributed by atoms with Crippen molar-refractivity contribution in [3.05, 3.63) is 72.4 Å². The second-order valence-electron chi connectivity index (χ2n) is 7.76. The van der Waals surface area contributed by atoms with E-state index in [1.54, 1.807) is 17.1 Å². The van der Waals surface area contributed by atoms with Gasteiger partial charge in [0, 0.05) is 18.3 Å². The Bertz CT molecular complexity index is 1170. The fraction of sp³-hybridized carbons (Fsp3) is 0.261. The summed E-state index contributed by atoms with van der Waals surface area (Å²) in [6, 6.07) is 12.2. The third kappa shape index (κ3) is 3.84. The number of benzene rings is 1. The first-order valence-electron chi connectivity index (χ1n) is 10.3. The van der Waals surface area contributed by atoms with E-state index in [1.165, 1.54) is 5.56 Å². The number of nitrogens with zero attached hydrogens (tertiary/aromatic N) is 7. The maximum absolute atomic E-state index is 5.83. The van der Waals surface area contributed by atoms with E-state index in [-0.39, 0.29) is 5.92 Å². The van der Waals surface area contributed by atoms with Gasteiger partial charge in [0.1, 0.15) is 6.61 Å². The highest BCUT2D eigenvalue weighted by Gasteiger charge is 2.23. The van der Waals surface area contributed by atoms with Crippen LogP contribution in [0.25, 0.3) is 17.1 Å². The molecular weight excluding hydrogens is 390 g/mol. The summed E-state index contributed by atoms with van der Waals surface area (Å²) in [5.41, 5.74) is 4.12. The minimum absolute atomic E-state index is 0.284. The Morgan fingerprint density at radius 1 is 1.06 bits per heavy atom. The summed E-state index contributed by atoms with van der Waals surface area (Å²) < 4.78 is 7.57. The zero-order chi connectivity index (χ0) is 21.2. The van der Waals surface area contributed by atoms with Crippen LogP contribution in [0.15, 0.2) is 61.2 Å². The molecule has 0 saturated carbocycles. The fourth-order valence-corrected chi connectivity index (χ4v) is 3.73. The number of pyridine rings is 1. The molecule has 8 heteroatoms. The van der Waals surface area contributed by atoms with Crippen LogP contribution in [0, 0.1) is 0 Å². The average Bonchev–Trinajstić information content (AvgIpc) is 3.34. The zero-order valence-corrected chi connectivity index (χ0v) is 17.5. The smallest absolute Gasteiger partial charge is 0.180 e. The molecular formula is C23H23N7O. The third-order valence-electron chi connectivity index (χ3n) is 5.28. The molecule has 0 aliphatic carbocycles. The highest BCUT2D eigenvalue weighted by atomic mass is 16.5. The summed E-state index contributed by atoms with van der Waals surface area (Å²) in [5.74, 6) is 2.48. The number of hydrogen-bond donors (Lipinski definition) is 0. The largest absolute Gasteiger partial charge is 0.486 e. The van der Waals surface area contributed by atoms with Crippen molar-refractivity contribution in [1.29, 1.82) is 0 Å². The van der Waals surface area contributed by atoms with E-state index >= 15 is 0 Å². The van der Waals surface area contributed by atoms with Crippen molar-refractivity contribution in [2.75, 3.05) is 18.1 Å². The summed E-state index contributed by atoms with van der Waals surface area (Å²) in [4.78, 5) is 16.2. The molecule has 0 N–H and O–H groups in total. The van der Waals surface area contributed by atoms with E-state index in [0.29, 0.717) is 18.2 Å². The lowest BCUT2D eigenvalue weighted by molar-refractivity contribution is 0.303. The molecule has 0 spiro atoms. The second kappa shape index (κ2) is 8.14. The molecule has 4 heterocycles. The summed E-state index contributed by atoms with van der Waals surface area (Å²) in [5, 5.41) is 7.90. The monoisotopic (exact) mass is 413 g/mol. The van der Waals surface area contributed by atoms with Crippen LogP contribution < -0.4 is 9.64 Å². The highest BCUT2D eigenvalue weighted by molar-refractivity contribution is 5.64.